The van der Waals surface area contributed by atoms with E-state index < -0.39 is 0 Å². The highest BCUT2D eigenvalue weighted by molar-refractivity contribution is 6.36. The van der Waals surface area contributed by atoms with Crippen LogP contribution < -0.4 is 4.42 Å². The predicted molar refractivity (Wildman–Crippen MR) is 52.7 cm³/mol. The molecule has 2 nitrogen and oxygen atoms in total. The van der Waals surface area contributed by atoms with Gasteiger partial charge in [-0.1, -0.05) is 18.2 Å². The van der Waals surface area contributed by atoms with E-state index in [1.54, 1.807) is 0 Å². The van der Waals surface area contributed by atoms with E-state index in [4.69, 9.17) is 11.8 Å². The lowest BCUT2D eigenvalue weighted by Crippen LogP contribution is -2.18. The number of aryl methyl sites for hydroxylation is 1. The molecule has 0 radical (unpaired) electrons. The Bertz CT molecular complexity index is 337. The van der Waals surface area contributed by atoms with Crippen molar-refractivity contribution >= 4 is 23.4 Å². The third kappa shape index (κ3) is 1.54. The minimum absolute atomic E-state index is 0.00776. The molecule has 68 valence electrons. The predicted octanol–water partition coefficient (Wildman–Crippen LogP) is 2.51. The number of benzene rings is 1. The number of anilines is 1. The second kappa shape index (κ2) is 3.38. The van der Waals surface area contributed by atoms with Crippen LogP contribution in [0.2, 0.25) is 0 Å². The molecule has 0 aromatic heterocycles. The van der Waals surface area contributed by atoms with Gasteiger partial charge in [-0.25, -0.2) is 4.42 Å². The summed E-state index contributed by atoms with van der Waals surface area (Å²) in [7, 11) is 0. The fourth-order valence-corrected chi connectivity index (χ4v) is 1.83. The lowest BCUT2D eigenvalue weighted by atomic mass is 10.1. The lowest BCUT2D eigenvalue weighted by molar-refractivity contribution is -0.117. The van der Waals surface area contributed by atoms with Gasteiger partial charge in [-0.3, -0.25) is 4.79 Å². The molecule has 1 amide bonds. The van der Waals surface area contributed by atoms with Crippen molar-refractivity contribution in [1.29, 1.82) is 0 Å². The average molecular weight is 196 g/mol. The Morgan fingerprint density at radius 3 is 2.85 bits per heavy atom. The highest BCUT2D eigenvalue weighted by atomic mass is 35.5. The van der Waals surface area contributed by atoms with Crippen molar-refractivity contribution in [3.63, 3.8) is 0 Å². The van der Waals surface area contributed by atoms with Crippen LogP contribution >= 0.6 is 11.8 Å². The first-order chi connectivity index (χ1) is 6.29. The molecule has 1 aliphatic rings. The Morgan fingerprint density at radius 1 is 1.23 bits per heavy atom. The van der Waals surface area contributed by atoms with Crippen LogP contribution in [-0.4, -0.2) is 5.91 Å². The molecule has 1 aromatic rings. The second-order valence-electron chi connectivity index (χ2n) is 3.16. The van der Waals surface area contributed by atoms with E-state index in [1.165, 1.54) is 4.42 Å². The number of rotatable bonds is 0. The Labute approximate surface area is 82.2 Å². The maximum Gasteiger partial charge on any atom is 0.241 e. The molecule has 13 heavy (non-hydrogen) atoms. The summed E-state index contributed by atoms with van der Waals surface area (Å²) < 4.78 is 1.24. The number of fused-ring (bicyclic) bond motifs is 1. The van der Waals surface area contributed by atoms with Crippen molar-refractivity contribution in [3.8, 4) is 0 Å². The summed E-state index contributed by atoms with van der Waals surface area (Å²) in [6, 6.07) is 7.76. The second-order valence-corrected chi connectivity index (χ2v) is 3.49. The highest BCUT2D eigenvalue weighted by Crippen LogP contribution is 2.27. The van der Waals surface area contributed by atoms with E-state index in [2.05, 4.69) is 0 Å². The van der Waals surface area contributed by atoms with Gasteiger partial charge in [0.05, 0.1) is 5.69 Å². The molecule has 0 N–H and O–H groups in total. The molecule has 1 heterocycles. The Kier molecular flexibility index (Phi) is 2.23. The van der Waals surface area contributed by atoms with E-state index in [0.717, 1.165) is 24.1 Å². The number of halogens is 1. The Hall–Kier alpha value is -1.02. The van der Waals surface area contributed by atoms with Gasteiger partial charge in [-0.05, 0) is 24.5 Å². The summed E-state index contributed by atoms with van der Waals surface area (Å²) in [6.07, 6.45) is 2.36. The summed E-state index contributed by atoms with van der Waals surface area (Å²) in [6.45, 7) is 0. The van der Waals surface area contributed by atoms with E-state index in [-0.39, 0.29) is 5.91 Å². The van der Waals surface area contributed by atoms with E-state index in [9.17, 15) is 4.79 Å². The van der Waals surface area contributed by atoms with Crippen molar-refractivity contribution in [2.24, 2.45) is 0 Å². The maximum absolute atomic E-state index is 11.4. The first-order valence-electron chi connectivity index (χ1n) is 4.35. The smallest absolute Gasteiger partial charge is 0.241 e. The van der Waals surface area contributed by atoms with Gasteiger partial charge in [-0.15, -0.1) is 0 Å². The fraction of sp³-hybridized carbons (Fsp3) is 0.300. The van der Waals surface area contributed by atoms with Crippen molar-refractivity contribution in [3.05, 3.63) is 29.8 Å². The fourth-order valence-electron chi connectivity index (χ4n) is 1.58. The summed E-state index contributed by atoms with van der Waals surface area (Å²) in [5.41, 5.74) is 2.00. The first kappa shape index (κ1) is 8.57. The molecule has 0 aliphatic carbocycles. The van der Waals surface area contributed by atoms with Gasteiger partial charge >= 0.3 is 0 Å². The normalized spacial score (nSPS) is 16.7. The standard InChI is InChI=1S/C10H10ClNO/c11-12-9-6-2-1-4-8(9)5-3-7-10(12)13/h1-2,4,6H,3,5,7H2. The van der Waals surface area contributed by atoms with Crippen molar-refractivity contribution in [2.75, 3.05) is 4.42 Å². The van der Waals surface area contributed by atoms with Gasteiger partial charge < -0.3 is 0 Å². The van der Waals surface area contributed by atoms with Crippen molar-refractivity contribution in [1.82, 2.24) is 0 Å². The summed E-state index contributed by atoms with van der Waals surface area (Å²) in [4.78, 5) is 11.4. The average Bonchev–Trinajstić information content (AvgIpc) is 2.29. The number of carbonyl (C=O) groups excluding carboxylic acids is 1. The monoisotopic (exact) mass is 195 g/mol. The van der Waals surface area contributed by atoms with Crippen LogP contribution in [-0.2, 0) is 11.2 Å². The number of carbonyl (C=O) groups is 1. The molecule has 0 bridgehead atoms. The number of hydrogen-bond acceptors (Lipinski definition) is 1. The van der Waals surface area contributed by atoms with Crippen LogP contribution in [0, 0.1) is 0 Å². The van der Waals surface area contributed by atoms with E-state index in [0.29, 0.717) is 6.42 Å². The van der Waals surface area contributed by atoms with Crippen LogP contribution in [0.25, 0.3) is 0 Å². The van der Waals surface area contributed by atoms with Crippen LogP contribution in [0.15, 0.2) is 24.3 Å². The summed E-state index contributed by atoms with van der Waals surface area (Å²) >= 11 is 5.89. The molecular weight excluding hydrogens is 186 g/mol. The highest BCUT2D eigenvalue weighted by Gasteiger charge is 2.19. The van der Waals surface area contributed by atoms with E-state index >= 15 is 0 Å². The quantitative estimate of drug-likeness (QED) is 0.583. The Morgan fingerprint density at radius 2 is 2.00 bits per heavy atom. The van der Waals surface area contributed by atoms with Crippen LogP contribution in [0.1, 0.15) is 18.4 Å². The molecule has 0 atom stereocenters. The lowest BCUT2D eigenvalue weighted by Gasteiger charge is -2.13. The van der Waals surface area contributed by atoms with Crippen LogP contribution in [0.5, 0.6) is 0 Å². The summed E-state index contributed by atoms with van der Waals surface area (Å²) in [5.74, 6) is -0.00776. The largest absolute Gasteiger partial charge is 0.273 e. The third-order valence-electron chi connectivity index (χ3n) is 2.26. The molecule has 2 rings (SSSR count). The number of amides is 1. The number of para-hydroxylation sites is 1. The van der Waals surface area contributed by atoms with Gasteiger partial charge in [0.1, 0.15) is 0 Å². The zero-order valence-corrected chi connectivity index (χ0v) is 7.92. The molecular formula is C10H10ClNO. The third-order valence-corrected chi connectivity index (χ3v) is 2.63. The van der Waals surface area contributed by atoms with Gasteiger partial charge in [0.25, 0.3) is 0 Å². The van der Waals surface area contributed by atoms with Crippen molar-refractivity contribution < 1.29 is 4.79 Å². The topological polar surface area (TPSA) is 20.3 Å². The number of hydrogen-bond donors (Lipinski definition) is 0. The van der Waals surface area contributed by atoms with Gasteiger partial charge in [0.15, 0.2) is 0 Å². The number of nitrogens with zero attached hydrogens (tertiary/aromatic N) is 1. The molecule has 0 unspecified atom stereocenters. The van der Waals surface area contributed by atoms with Crippen molar-refractivity contribution in [2.45, 2.75) is 19.3 Å². The van der Waals surface area contributed by atoms with Gasteiger partial charge in [0, 0.05) is 18.2 Å². The molecule has 0 saturated heterocycles. The first-order valence-corrected chi connectivity index (χ1v) is 4.69. The van der Waals surface area contributed by atoms with E-state index in [1.807, 2.05) is 24.3 Å². The summed E-state index contributed by atoms with van der Waals surface area (Å²) in [5, 5.41) is 0. The van der Waals surface area contributed by atoms with Crippen LogP contribution in [0.4, 0.5) is 5.69 Å². The molecule has 3 heteroatoms. The Balaban J connectivity index is 2.46. The zero-order chi connectivity index (χ0) is 9.26. The molecule has 0 spiro atoms. The molecule has 0 fully saturated rings. The molecule has 0 saturated carbocycles. The zero-order valence-electron chi connectivity index (χ0n) is 7.16. The van der Waals surface area contributed by atoms with Crippen LogP contribution in [0.3, 0.4) is 0 Å². The maximum atomic E-state index is 11.4. The minimum atomic E-state index is -0.00776. The SMILES string of the molecule is O=C1CCCc2ccccc2N1Cl. The molecule has 1 aromatic carbocycles. The molecule has 1 aliphatic heterocycles. The minimum Gasteiger partial charge on any atom is -0.273 e. The van der Waals surface area contributed by atoms with Gasteiger partial charge in [-0.2, -0.15) is 0 Å². The van der Waals surface area contributed by atoms with Gasteiger partial charge in [0.2, 0.25) is 5.91 Å².